The predicted octanol–water partition coefficient (Wildman–Crippen LogP) is 2.91. The maximum atomic E-state index is 12.9. The molecule has 0 spiro atoms. The average molecular weight is 465 g/mol. The molecule has 2 aromatic carbocycles. The highest BCUT2D eigenvalue weighted by Crippen LogP contribution is 2.27. The fraction of sp³-hybridized carbons (Fsp3) is 0.211. The molecular formula is C19H17ClN4O6S. The van der Waals surface area contributed by atoms with Crippen molar-refractivity contribution in [3.05, 3.63) is 62.7 Å². The van der Waals surface area contributed by atoms with Crippen molar-refractivity contribution in [2.45, 2.75) is 0 Å². The number of nitrogens with zero attached hydrogens (tertiary/aromatic N) is 2. The number of carbonyl (C=O) groups is 2. The number of carboxylic acid groups (broad SMARTS) is 1. The lowest BCUT2D eigenvalue weighted by Gasteiger charge is -2.30. The van der Waals surface area contributed by atoms with Gasteiger partial charge in [0.1, 0.15) is 0 Å². The van der Waals surface area contributed by atoms with E-state index in [0.29, 0.717) is 32.0 Å². The minimum absolute atomic E-state index is 0.0192. The maximum absolute atomic E-state index is 12.9. The first-order chi connectivity index (χ1) is 14.8. The molecule has 0 atom stereocenters. The number of aromatic carboxylic acids is 1. The SMILES string of the molecule is O=C(O)c1ccc(Cl)c(NC(=S)NC(=O)c2cc([N+](=O)[O-])ccc2N2CCOCC2)c1. The third-order valence-electron chi connectivity index (χ3n) is 4.48. The number of nitrogens with one attached hydrogen (secondary N) is 2. The zero-order valence-corrected chi connectivity index (χ0v) is 17.5. The number of carboxylic acids is 1. The molecule has 3 rings (SSSR count). The maximum Gasteiger partial charge on any atom is 0.335 e. The van der Waals surface area contributed by atoms with Crippen LogP contribution in [0.2, 0.25) is 5.02 Å². The number of non-ortho nitro benzene ring substituents is 1. The molecule has 10 nitrogen and oxygen atoms in total. The predicted molar refractivity (Wildman–Crippen MR) is 118 cm³/mol. The van der Waals surface area contributed by atoms with Gasteiger partial charge in [-0.15, -0.1) is 0 Å². The minimum atomic E-state index is -1.15. The molecule has 12 heteroatoms. The summed E-state index contributed by atoms with van der Waals surface area (Å²) in [6.45, 7) is 1.99. The van der Waals surface area contributed by atoms with Crippen LogP contribution in [-0.2, 0) is 4.74 Å². The highest BCUT2D eigenvalue weighted by molar-refractivity contribution is 7.80. The summed E-state index contributed by atoms with van der Waals surface area (Å²) < 4.78 is 5.32. The van der Waals surface area contributed by atoms with E-state index < -0.39 is 16.8 Å². The van der Waals surface area contributed by atoms with Crippen LogP contribution in [0.25, 0.3) is 0 Å². The van der Waals surface area contributed by atoms with Crippen LogP contribution in [0.4, 0.5) is 17.1 Å². The van der Waals surface area contributed by atoms with Crippen LogP contribution in [0.5, 0.6) is 0 Å². The van der Waals surface area contributed by atoms with E-state index >= 15 is 0 Å². The van der Waals surface area contributed by atoms with Gasteiger partial charge in [0.2, 0.25) is 0 Å². The van der Waals surface area contributed by atoms with Crippen molar-refractivity contribution in [3.63, 3.8) is 0 Å². The van der Waals surface area contributed by atoms with Crippen molar-refractivity contribution in [3.8, 4) is 0 Å². The van der Waals surface area contributed by atoms with Crippen molar-refractivity contribution in [1.82, 2.24) is 5.32 Å². The third kappa shape index (κ3) is 5.45. The first-order valence-corrected chi connectivity index (χ1v) is 9.81. The summed E-state index contributed by atoms with van der Waals surface area (Å²) in [5, 5.41) is 25.5. The molecule has 0 radical (unpaired) electrons. The average Bonchev–Trinajstić information content (AvgIpc) is 2.75. The molecule has 1 heterocycles. The number of halogens is 1. The Morgan fingerprint density at radius 2 is 1.90 bits per heavy atom. The zero-order chi connectivity index (χ0) is 22.5. The lowest BCUT2D eigenvalue weighted by Crippen LogP contribution is -2.39. The van der Waals surface area contributed by atoms with Crippen molar-refractivity contribution < 1.29 is 24.4 Å². The molecule has 0 unspecified atom stereocenters. The number of carbonyl (C=O) groups excluding carboxylic acids is 1. The molecule has 0 saturated carbocycles. The number of morpholine rings is 1. The molecular weight excluding hydrogens is 448 g/mol. The number of hydrogen-bond acceptors (Lipinski definition) is 7. The van der Waals surface area contributed by atoms with E-state index in [-0.39, 0.29) is 32.6 Å². The Morgan fingerprint density at radius 3 is 2.55 bits per heavy atom. The number of thiocarbonyl (C=S) groups is 1. The summed E-state index contributed by atoms with van der Waals surface area (Å²) in [6, 6.07) is 8.01. The molecule has 1 aliphatic heterocycles. The second-order valence-corrected chi connectivity index (χ2v) is 7.28. The first-order valence-electron chi connectivity index (χ1n) is 9.02. The smallest absolute Gasteiger partial charge is 0.335 e. The summed E-state index contributed by atoms with van der Waals surface area (Å²) in [4.78, 5) is 36.5. The van der Waals surface area contributed by atoms with Crippen LogP contribution in [0.15, 0.2) is 36.4 Å². The molecule has 0 aliphatic carbocycles. The Bertz CT molecular complexity index is 1060. The summed E-state index contributed by atoms with van der Waals surface area (Å²) in [6.07, 6.45) is 0. The highest BCUT2D eigenvalue weighted by atomic mass is 35.5. The van der Waals surface area contributed by atoms with Gasteiger partial charge in [-0.25, -0.2) is 4.79 Å². The Kier molecular flexibility index (Phi) is 7.00. The van der Waals surface area contributed by atoms with Crippen LogP contribution in [-0.4, -0.2) is 53.3 Å². The normalized spacial score (nSPS) is 13.4. The van der Waals surface area contributed by atoms with Gasteiger partial charge >= 0.3 is 5.97 Å². The van der Waals surface area contributed by atoms with Crippen molar-refractivity contribution in [2.24, 2.45) is 0 Å². The van der Waals surface area contributed by atoms with Gasteiger partial charge in [0.05, 0.1) is 45.7 Å². The van der Waals surface area contributed by atoms with E-state index in [1.165, 1.54) is 36.4 Å². The number of benzene rings is 2. The van der Waals surface area contributed by atoms with Crippen LogP contribution in [0, 0.1) is 10.1 Å². The van der Waals surface area contributed by atoms with E-state index in [2.05, 4.69) is 10.6 Å². The van der Waals surface area contributed by atoms with Gasteiger partial charge in [-0.3, -0.25) is 20.2 Å². The van der Waals surface area contributed by atoms with Crippen molar-refractivity contribution >= 4 is 57.9 Å². The number of nitro groups is 1. The van der Waals surface area contributed by atoms with Crippen LogP contribution < -0.4 is 15.5 Å². The van der Waals surface area contributed by atoms with Gasteiger partial charge in [0, 0.05) is 25.2 Å². The van der Waals surface area contributed by atoms with Gasteiger partial charge in [0.25, 0.3) is 11.6 Å². The number of nitro benzene ring substituents is 1. The van der Waals surface area contributed by atoms with Crippen LogP contribution >= 0.6 is 23.8 Å². The fourth-order valence-corrected chi connectivity index (χ4v) is 3.35. The number of rotatable bonds is 5. The number of amides is 1. The Labute approximate surface area is 186 Å². The molecule has 1 amide bonds. The van der Waals surface area contributed by atoms with Gasteiger partial charge in [-0.05, 0) is 36.5 Å². The second kappa shape index (κ2) is 9.69. The Balaban J connectivity index is 1.82. The highest BCUT2D eigenvalue weighted by Gasteiger charge is 2.23. The number of ether oxygens (including phenoxy) is 1. The zero-order valence-electron chi connectivity index (χ0n) is 16.0. The van der Waals surface area contributed by atoms with Crippen molar-refractivity contribution in [2.75, 3.05) is 36.5 Å². The summed E-state index contributed by atoms with van der Waals surface area (Å²) >= 11 is 11.2. The first kappa shape index (κ1) is 22.4. The minimum Gasteiger partial charge on any atom is -0.478 e. The van der Waals surface area contributed by atoms with E-state index in [1.807, 2.05) is 4.90 Å². The van der Waals surface area contributed by atoms with Gasteiger partial charge < -0.3 is 20.1 Å². The lowest BCUT2D eigenvalue weighted by molar-refractivity contribution is -0.384. The van der Waals surface area contributed by atoms with Gasteiger partial charge in [0.15, 0.2) is 5.11 Å². The summed E-state index contributed by atoms with van der Waals surface area (Å²) in [5.74, 6) is -1.81. The van der Waals surface area contributed by atoms with E-state index in [0.717, 1.165) is 0 Å². The molecule has 3 N–H and O–H groups in total. The monoisotopic (exact) mass is 464 g/mol. The number of hydrogen-bond donors (Lipinski definition) is 3. The molecule has 2 aromatic rings. The molecule has 1 aliphatic rings. The largest absolute Gasteiger partial charge is 0.478 e. The summed E-state index contributed by atoms with van der Waals surface area (Å²) in [5.41, 5.74) is 0.526. The third-order valence-corrected chi connectivity index (χ3v) is 5.01. The molecule has 162 valence electrons. The van der Waals surface area contributed by atoms with Crippen LogP contribution in [0.3, 0.4) is 0 Å². The fourth-order valence-electron chi connectivity index (χ4n) is 2.98. The number of anilines is 2. The summed E-state index contributed by atoms with van der Waals surface area (Å²) in [7, 11) is 0. The van der Waals surface area contributed by atoms with E-state index in [1.54, 1.807) is 0 Å². The standard InChI is InChI=1S/C19H17ClN4O6S/c20-14-3-1-11(18(26)27)9-15(14)21-19(31)22-17(25)13-10-12(24(28)29)2-4-16(13)23-5-7-30-8-6-23/h1-4,9-10H,5-8H2,(H,26,27)(H2,21,22,25,31). The Morgan fingerprint density at radius 1 is 1.19 bits per heavy atom. The lowest BCUT2D eigenvalue weighted by atomic mass is 10.1. The molecule has 1 saturated heterocycles. The second-order valence-electron chi connectivity index (χ2n) is 6.47. The topological polar surface area (TPSA) is 134 Å². The van der Waals surface area contributed by atoms with Crippen molar-refractivity contribution in [1.29, 1.82) is 0 Å². The van der Waals surface area contributed by atoms with Gasteiger partial charge in [-0.1, -0.05) is 11.6 Å². The van der Waals surface area contributed by atoms with Gasteiger partial charge in [-0.2, -0.15) is 0 Å². The Hall–Kier alpha value is -3.28. The quantitative estimate of drug-likeness (QED) is 0.346. The molecule has 31 heavy (non-hydrogen) atoms. The molecule has 0 aromatic heterocycles. The molecule has 0 bridgehead atoms. The van der Waals surface area contributed by atoms with E-state index in [9.17, 15) is 19.7 Å². The molecule has 1 fully saturated rings. The van der Waals surface area contributed by atoms with E-state index in [4.69, 9.17) is 33.7 Å². The van der Waals surface area contributed by atoms with Crippen LogP contribution in [0.1, 0.15) is 20.7 Å².